The molecule has 0 saturated heterocycles. The Morgan fingerprint density at radius 2 is 1.73 bits per heavy atom. The first-order chi connectivity index (χ1) is 4.83. The first-order valence-corrected chi connectivity index (χ1v) is 3.21. The molecule has 0 radical (unpaired) electrons. The highest BCUT2D eigenvalue weighted by atomic mass is 16.6. The molecule has 0 aromatic heterocycles. The predicted molar refractivity (Wildman–Crippen MR) is 42.2 cm³/mol. The van der Waals surface area contributed by atoms with E-state index >= 15 is 0 Å². The smallest absolute Gasteiger partial charge is 0.405 e. The Morgan fingerprint density at radius 1 is 1.45 bits per heavy atom. The van der Waals surface area contributed by atoms with E-state index in [1.54, 1.807) is 20.8 Å². The molecule has 0 unspecified atom stereocenters. The van der Waals surface area contributed by atoms with Crippen LogP contribution < -0.4 is 5.73 Å². The topological polar surface area (TPSA) is 69.4 Å². The minimum absolute atomic E-state index is 0.453. The first-order valence-electron chi connectivity index (χ1n) is 3.21. The van der Waals surface area contributed by atoms with Crippen LogP contribution in [0.1, 0.15) is 27.7 Å². The molecule has 0 aliphatic rings. The van der Waals surface area contributed by atoms with E-state index in [-0.39, 0.29) is 0 Å². The lowest BCUT2D eigenvalue weighted by molar-refractivity contribution is -0.106. The summed E-state index contributed by atoms with van der Waals surface area (Å²) >= 11 is 0. The molecule has 11 heavy (non-hydrogen) atoms. The Morgan fingerprint density at radius 3 is 1.73 bits per heavy atom. The zero-order valence-corrected chi connectivity index (χ0v) is 7.38. The van der Waals surface area contributed by atoms with E-state index < -0.39 is 11.7 Å². The number of rotatable bonds is 0. The minimum Gasteiger partial charge on any atom is -0.444 e. The molecule has 1 amide bonds. The second-order valence-corrected chi connectivity index (χ2v) is 2.77. The predicted octanol–water partition coefficient (Wildman–Crippen LogP) is 1.09. The number of primary amides is 1. The molecule has 0 rings (SSSR count). The van der Waals surface area contributed by atoms with E-state index in [4.69, 9.17) is 10.5 Å². The maximum Gasteiger partial charge on any atom is 0.405 e. The number of hydrogen-bond donors (Lipinski definition) is 1. The fourth-order valence-electron chi connectivity index (χ4n) is 0.302. The molecular weight excluding hydrogens is 146 g/mol. The summed E-state index contributed by atoms with van der Waals surface area (Å²) in [6, 6.07) is 0. The fourth-order valence-corrected chi connectivity index (χ4v) is 0.302. The molecule has 0 aromatic rings. The summed E-state index contributed by atoms with van der Waals surface area (Å²) in [7, 11) is 0. The zero-order chi connectivity index (χ0) is 9.49. The Hall–Kier alpha value is -1.06. The second-order valence-electron chi connectivity index (χ2n) is 2.77. The van der Waals surface area contributed by atoms with Crippen molar-refractivity contribution in [2.45, 2.75) is 33.3 Å². The molecule has 0 saturated carbocycles. The molecular formula is C7H15NO3. The van der Waals surface area contributed by atoms with Crippen molar-refractivity contribution in [1.82, 2.24) is 0 Å². The van der Waals surface area contributed by atoms with Crippen LogP contribution in [-0.2, 0) is 9.53 Å². The van der Waals surface area contributed by atoms with Crippen molar-refractivity contribution < 1.29 is 14.3 Å². The molecule has 0 aromatic carbocycles. The number of hydrogen-bond acceptors (Lipinski definition) is 3. The van der Waals surface area contributed by atoms with Gasteiger partial charge in [-0.25, -0.2) is 4.79 Å². The zero-order valence-electron chi connectivity index (χ0n) is 7.38. The van der Waals surface area contributed by atoms with Crippen molar-refractivity contribution in [2.75, 3.05) is 0 Å². The quantitative estimate of drug-likeness (QED) is 0.540. The van der Waals surface area contributed by atoms with Crippen molar-refractivity contribution in [1.29, 1.82) is 0 Å². The van der Waals surface area contributed by atoms with Gasteiger partial charge in [0.05, 0.1) is 0 Å². The SMILES string of the molecule is CC(C)(C)OC(N)=O.CC=O. The molecule has 0 atom stereocenters. The molecule has 0 heterocycles. The van der Waals surface area contributed by atoms with Gasteiger partial charge in [0.15, 0.2) is 0 Å². The van der Waals surface area contributed by atoms with Crippen molar-refractivity contribution in [3.05, 3.63) is 0 Å². The highest BCUT2D eigenvalue weighted by molar-refractivity contribution is 5.65. The van der Waals surface area contributed by atoms with E-state index in [0.29, 0.717) is 0 Å². The molecule has 66 valence electrons. The van der Waals surface area contributed by atoms with Crippen LogP contribution >= 0.6 is 0 Å². The van der Waals surface area contributed by atoms with Crippen LogP contribution in [0, 0.1) is 0 Å². The van der Waals surface area contributed by atoms with Gasteiger partial charge in [-0.15, -0.1) is 0 Å². The third kappa shape index (κ3) is 27.7. The number of carbonyl (C=O) groups is 2. The Kier molecular flexibility index (Phi) is 6.53. The lowest BCUT2D eigenvalue weighted by Crippen LogP contribution is -2.27. The van der Waals surface area contributed by atoms with Crippen molar-refractivity contribution in [3.63, 3.8) is 0 Å². The van der Waals surface area contributed by atoms with Crippen LogP contribution in [0.15, 0.2) is 0 Å². The van der Waals surface area contributed by atoms with Crippen LogP contribution in [0.2, 0.25) is 0 Å². The summed E-state index contributed by atoms with van der Waals surface area (Å²) in [5, 5.41) is 0. The van der Waals surface area contributed by atoms with Gasteiger partial charge >= 0.3 is 6.09 Å². The van der Waals surface area contributed by atoms with Gasteiger partial charge in [0.25, 0.3) is 0 Å². The van der Waals surface area contributed by atoms with Crippen LogP contribution in [0.3, 0.4) is 0 Å². The largest absolute Gasteiger partial charge is 0.444 e. The lowest BCUT2D eigenvalue weighted by Gasteiger charge is -2.16. The van der Waals surface area contributed by atoms with Gasteiger partial charge < -0.3 is 15.3 Å². The number of ether oxygens (including phenoxy) is 1. The molecule has 4 nitrogen and oxygen atoms in total. The number of amides is 1. The van der Waals surface area contributed by atoms with Gasteiger partial charge in [-0.1, -0.05) is 0 Å². The lowest BCUT2D eigenvalue weighted by atomic mass is 10.2. The molecule has 4 heteroatoms. The van der Waals surface area contributed by atoms with Crippen LogP contribution in [0.25, 0.3) is 0 Å². The molecule has 0 aliphatic heterocycles. The third-order valence-electron chi connectivity index (χ3n) is 0.407. The summed E-state index contributed by atoms with van der Waals surface area (Å²) in [5.74, 6) is 0. The van der Waals surface area contributed by atoms with Gasteiger partial charge in [-0.3, -0.25) is 0 Å². The maximum atomic E-state index is 10.0. The van der Waals surface area contributed by atoms with Crippen LogP contribution in [0.4, 0.5) is 4.79 Å². The molecule has 0 bridgehead atoms. The van der Waals surface area contributed by atoms with E-state index in [0.717, 1.165) is 6.29 Å². The summed E-state index contributed by atoms with van der Waals surface area (Å²) in [5.41, 5.74) is 4.26. The Bertz CT molecular complexity index is 126. The van der Waals surface area contributed by atoms with E-state index in [9.17, 15) is 4.79 Å². The number of aldehydes is 1. The van der Waals surface area contributed by atoms with Gasteiger partial charge in [-0.05, 0) is 27.7 Å². The summed E-state index contributed by atoms with van der Waals surface area (Å²) in [6.07, 6.45) is 0.0255. The summed E-state index contributed by atoms with van der Waals surface area (Å²) in [4.78, 5) is 18.8. The van der Waals surface area contributed by atoms with E-state index in [1.165, 1.54) is 6.92 Å². The summed E-state index contributed by atoms with van der Waals surface area (Å²) in [6.45, 7) is 6.73. The van der Waals surface area contributed by atoms with Gasteiger partial charge in [0.1, 0.15) is 11.9 Å². The monoisotopic (exact) mass is 161 g/mol. The van der Waals surface area contributed by atoms with E-state index in [2.05, 4.69) is 4.74 Å². The van der Waals surface area contributed by atoms with Crippen molar-refractivity contribution in [3.8, 4) is 0 Å². The highest BCUT2D eigenvalue weighted by Crippen LogP contribution is 2.04. The van der Waals surface area contributed by atoms with Gasteiger partial charge in [0.2, 0.25) is 0 Å². The fraction of sp³-hybridized carbons (Fsp3) is 0.714. The van der Waals surface area contributed by atoms with E-state index in [1.807, 2.05) is 0 Å². The molecule has 2 N–H and O–H groups in total. The van der Waals surface area contributed by atoms with Gasteiger partial charge in [0, 0.05) is 0 Å². The Labute approximate surface area is 66.7 Å². The number of nitrogens with two attached hydrogens (primary N) is 1. The number of carbonyl (C=O) groups excluding carboxylic acids is 2. The molecule has 0 aliphatic carbocycles. The molecule has 0 spiro atoms. The average molecular weight is 161 g/mol. The molecule has 0 fully saturated rings. The first kappa shape index (κ1) is 12.6. The summed E-state index contributed by atoms with van der Waals surface area (Å²) < 4.78 is 4.58. The highest BCUT2D eigenvalue weighted by Gasteiger charge is 2.12. The normalized spacial score (nSPS) is 9.09. The third-order valence-corrected chi connectivity index (χ3v) is 0.407. The maximum absolute atomic E-state index is 10.0. The minimum atomic E-state index is -0.725. The van der Waals surface area contributed by atoms with Crippen molar-refractivity contribution in [2.24, 2.45) is 5.73 Å². The second kappa shape index (κ2) is 5.70. The standard InChI is InChI=1S/C5H11NO2.C2H4O/c1-5(2,3)8-4(6)7;1-2-3/h1-3H3,(H2,6,7);2H,1H3. The van der Waals surface area contributed by atoms with Crippen LogP contribution in [0.5, 0.6) is 0 Å². The average Bonchev–Trinajstić information content (AvgIpc) is 1.57. The Balaban J connectivity index is 0. The van der Waals surface area contributed by atoms with Gasteiger partial charge in [-0.2, -0.15) is 0 Å². The van der Waals surface area contributed by atoms with Crippen LogP contribution in [-0.4, -0.2) is 18.0 Å². The van der Waals surface area contributed by atoms with Crippen molar-refractivity contribution >= 4 is 12.4 Å².